The Morgan fingerprint density at radius 2 is 1.92 bits per heavy atom. The minimum Gasteiger partial charge on any atom is -0.355 e. The van der Waals surface area contributed by atoms with E-state index in [4.69, 9.17) is 0 Å². The van der Waals surface area contributed by atoms with Crippen LogP contribution in [0.1, 0.15) is 43.6 Å². The Kier molecular flexibility index (Phi) is 9.20. The molecule has 0 bridgehead atoms. The van der Waals surface area contributed by atoms with Gasteiger partial charge in [-0.25, -0.2) is 0 Å². The van der Waals surface area contributed by atoms with E-state index in [2.05, 4.69) is 53.3 Å². The number of aryl methyl sites for hydroxylation is 2. The van der Waals surface area contributed by atoms with Crippen molar-refractivity contribution < 1.29 is 0 Å². The van der Waals surface area contributed by atoms with Gasteiger partial charge in [0.1, 0.15) is 0 Å². The van der Waals surface area contributed by atoms with Crippen LogP contribution in [0.15, 0.2) is 4.99 Å². The second kappa shape index (κ2) is 10.4. The number of guanidine groups is 1. The molecule has 1 aliphatic heterocycles. The van der Waals surface area contributed by atoms with Gasteiger partial charge in [-0.3, -0.25) is 14.6 Å². The molecule has 1 aliphatic rings. The van der Waals surface area contributed by atoms with Crippen LogP contribution in [0.2, 0.25) is 0 Å². The van der Waals surface area contributed by atoms with Crippen molar-refractivity contribution >= 4 is 29.9 Å². The summed E-state index contributed by atoms with van der Waals surface area (Å²) < 4.78 is 1.93. The number of nitrogens with zero attached hydrogens (tertiary/aromatic N) is 4. The van der Waals surface area contributed by atoms with Crippen molar-refractivity contribution in [1.29, 1.82) is 0 Å². The highest BCUT2D eigenvalue weighted by molar-refractivity contribution is 14.0. The van der Waals surface area contributed by atoms with Gasteiger partial charge >= 0.3 is 0 Å². The van der Waals surface area contributed by atoms with Crippen LogP contribution >= 0.6 is 24.0 Å². The molecular formula is C18H35IN6. The van der Waals surface area contributed by atoms with Gasteiger partial charge in [-0.05, 0) is 52.6 Å². The fourth-order valence-corrected chi connectivity index (χ4v) is 3.31. The largest absolute Gasteiger partial charge is 0.355 e. The van der Waals surface area contributed by atoms with E-state index in [0.29, 0.717) is 6.04 Å². The molecule has 0 saturated carbocycles. The summed E-state index contributed by atoms with van der Waals surface area (Å²) in [5, 5.41) is 11.3. The molecule has 1 aromatic rings. The van der Waals surface area contributed by atoms with Gasteiger partial charge in [0.15, 0.2) is 5.96 Å². The second-order valence-corrected chi connectivity index (χ2v) is 7.15. The highest BCUT2D eigenvalue weighted by atomic mass is 127. The van der Waals surface area contributed by atoms with Crippen LogP contribution in [0.25, 0.3) is 0 Å². The third-order valence-corrected chi connectivity index (χ3v) is 5.32. The molecule has 2 heterocycles. The molecule has 1 aromatic heterocycles. The van der Waals surface area contributed by atoms with Crippen LogP contribution in [0.5, 0.6) is 0 Å². The van der Waals surface area contributed by atoms with Gasteiger partial charge in [0.25, 0.3) is 0 Å². The molecule has 0 radical (unpaired) electrons. The van der Waals surface area contributed by atoms with E-state index in [9.17, 15) is 0 Å². The zero-order valence-corrected chi connectivity index (χ0v) is 18.9. The van der Waals surface area contributed by atoms with Gasteiger partial charge in [0.05, 0.1) is 5.69 Å². The number of nitrogens with one attached hydrogen (secondary N) is 2. The van der Waals surface area contributed by atoms with Crippen molar-refractivity contribution in [3.8, 4) is 0 Å². The Balaban J connectivity index is 0.00000312. The number of aliphatic imine (C=N–C) groups is 1. The van der Waals surface area contributed by atoms with Crippen molar-refractivity contribution in [3.05, 3.63) is 17.0 Å². The average Bonchev–Trinajstić information content (AvgIpc) is 2.81. The number of hydrogen-bond acceptors (Lipinski definition) is 3. The fourth-order valence-electron chi connectivity index (χ4n) is 3.31. The highest BCUT2D eigenvalue weighted by Crippen LogP contribution is 2.17. The maximum absolute atomic E-state index is 4.47. The minimum absolute atomic E-state index is 0. The summed E-state index contributed by atoms with van der Waals surface area (Å²) in [6, 6.07) is 0.526. The molecule has 0 spiro atoms. The summed E-state index contributed by atoms with van der Waals surface area (Å²) >= 11 is 0. The Labute approximate surface area is 169 Å². The fraction of sp³-hybridized carbons (Fsp3) is 0.778. The Morgan fingerprint density at radius 3 is 2.44 bits per heavy atom. The SMILES string of the molecule is CN=C(NCc1c(C)nn(C)c1C)NCC(C)N1CCC(C)CC1.I. The summed E-state index contributed by atoms with van der Waals surface area (Å²) in [5.74, 6) is 1.73. The standard InChI is InChI=1S/C18H34N6.HI/c1-13-7-9-24(10-8-13)14(2)11-20-18(19-5)21-12-17-15(3)22-23(6)16(17)4;/h13-14H,7-12H2,1-6H3,(H2,19,20,21);1H. The van der Waals surface area contributed by atoms with Gasteiger partial charge in [0, 0.05) is 44.5 Å². The highest BCUT2D eigenvalue weighted by Gasteiger charge is 2.20. The number of piperidine rings is 1. The molecule has 0 aromatic carbocycles. The lowest BCUT2D eigenvalue weighted by Crippen LogP contribution is -2.48. The predicted octanol–water partition coefficient (Wildman–Crippen LogP) is 2.44. The van der Waals surface area contributed by atoms with E-state index in [0.717, 1.165) is 30.7 Å². The normalized spacial score (nSPS) is 17.9. The third-order valence-electron chi connectivity index (χ3n) is 5.32. The molecule has 2 rings (SSSR count). The average molecular weight is 462 g/mol. The van der Waals surface area contributed by atoms with E-state index in [-0.39, 0.29) is 24.0 Å². The van der Waals surface area contributed by atoms with Crippen molar-refractivity contribution in [2.75, 3.05) is 26.7 Å². The van der Waals surface area contributed by atoms with E-state index < -0.39 is 0 Å². The maximum Gasteiger partial charge on any atom is 0.191 e. The quantitative estimate of drug-likeness (QED) is 0.401. The van der Waals surface area contributed by atoms with Crippen LogP contribution < -0.4 is 10.6 Å². The van der Waals surface area contributed by atoms with E-state index >= 15 is 0 Å². The first-order valence-electron chi connectivity index (χ1n) is 9.10. The monoisotopic (exact) mass is 462 g/mol. The van der Waals surface area contributed by atoms with Crippen molar-refractivity contribution in [2.45, 2.75) is 53.1 Å². The lowest BCUT2D eigenvalue weighted by atomic mass is 9.98. The van der Waals surface area contributed by atoms with Gasteiger partial charge in [0.2, 0.25) is 0 Å². The lowest BCUT2D eigenvalue weighted by molar-refractivity contribution is 0.147. The van der Waals surface area contributed by atoms with Gasteiger partial charge in [-0.2, -0.15) is 5.10 Å². The third kappa shape index (κ3) is 6.13. The molecule has 1 unspecified atom stereocenters. The van der Waals surface area contributed by atoms with Crippen molar-refractivity contribution in [1.82, 2.24) is 25.3 Å². The van der Waals surface area contributed by atoms with Gasteiger partial charge in [-0.15, -0.1) is 24.0 Å². The molecule has 1 atom stereocenters. The Hall–Kier alpha value is -0.830. The molecule has 0 aliphatic carbocycles. The number of likely N-dealkylation sites (tertiary alicyclic amines) is 1. The zero-order chi connectivity index (χ0) is 17.7. The van der Waals surface area contributed by atoms with Crippen LogP contribution in [-0.4, -0.2) is 53.4 Å². The van der Waals surface area contributed by atoms with Crippen LogP contribution in [0.3, 0.4) is 0 Å². The molecule has 25 heavy (non-hydrogen) atoms. The van der Waals surface area contributed by atoms with Crippen LogP contribution in [0, 0.1) is 19.8 Å². The molecular weight excluding hydrogens is 427 g/mol. The number of halogens is 1. The molecule has 1 saturated heterocycles. The Morgan fingerprint density at radius 1 is 1.28 bits per heavy atom. The summed E-state index contributed by atoms with van der Waals surface area (Å²) in [4.78, 5) is 6.93. The van der Waals surface area contributed by atoms with E-state index in [1.54, 1.807) is 0 Å². The van der Waals surface area contributed by atoms with Crippen molar-refractivity contribution in [2.24, 2.45) is 18.0 Å². The number of hydrogen-bond donors (Lipinski definition) is 2. The van der Waals surface area contributed by atoms with E-state index in [1.165, 1.54) is 37.2 Å². The zero-order valence-electron chi connectivity index (χ0n) is 16.6. The molecule has 2 N–H and O–H groups in total. The number of aromatic nitrogens is 2. The predicted molar refractivity (Wildman–Crippen MR) is 116 cm³/mol. The molecule has 7 heteroatoms. The van der Waals surface area contributed by atoms with Crippen LogP contribution in [0.4, 0.5) is 0 Å². The second-order valence-electron chi connectivity index (χ2n) is 7.15. The summed E-state index contributed by atoms with van der Waals surface area (Å²) in [6.07, 6.45) is 2.63. The first-order valence-corrected chi connectivity index (χ1v) is 9.10. The summed E-state index contributed by atoms with van der Waals surface area (Å²) in [7, 11) is 3.81. The molecule has 1 fully saturated rings. The molecule has 6 nitrogen and oxygen atoms in total. The topological polar surface area (TPSA) is 57.5 Å². The first-order chi connectivity index (χ1) is 11.4. The number of rotatable bonds is 5. The lowest BCUT2D eigenvalue weighted by Gasteiger charge is -2.35. The Bertz CT molecular complexity index is 560. The van der Waals surface area contributed by atoms with Crippen molar-refractivity contribution in [3.63, 3.8) is 0 Å². The molecule has 0 amide bonds. The summed E-state index contributed by atoms with van der Waals surface area (Å²) in [6.45, 7) is 12.9. The smallest absolute Gasteiger partial charge is 0.191 e. The minimum atomic E-state index is 0. The first kappa shape index (κ1) is 22.2. The maximum atomic E-state index is 4.47. The van der Waals surface area contributed by atoms with Gasteiger partial charge < -0.3 is 10.6 Å². The molecule has 144 valence electrons. The van der Waals surface area contributed by atoms with Crippen LogP contribution in [-0.2, 0) is 13.6 Å². The summed E-state index contributed by atoms with van der Waals surface area (Å²) in [5.41, 5.74) is 3.53. The van der Waals surface area contributed by atoms with E-state index in [1.807, 2.05) is 18.8 Å². The van der Waals surface area contributed by atoms with Gasteiger partial charge in [-0.1, -0.05) is 6.92 Å².